The molecule has 0 aromatic heterocycles. The zero-order chi connectivity index (χ0) is 27.6. The molecule has 0 N–H and O–H groups in total. The van der Waals surface area contributed by atoms with Gasteiger partial charge in [-0.15, -0.1) is 17.7 Å². The molecule has 0 aliphatic carbocycles. The van der Waals surface area contributed by atoms with Crippen molar-refractivity contribution in [2.75, 3.05) is 13.1 Å². The van der Waals surface area contributed by atoms with Crippen LogP contribution in [0.2, 0.25) is 0 Å². The predicted octanol–water partition coefficient (Wildman–Crippen LogP) is 11.6. The van der Waals surface area contributed by atoms with E-state index in [0.717, 1.165) is 24.5 Å². The number of benzene rings is 2. The molecule has 0 aliphatic heterocycles. The molecule has 0 saturated carbocycles. The van der Waals surface area contributed by atoms with E-state index in [4.69, 9.17) is 38.5 Å². The maximum atomic E-state index is 5.40. The van der Waals surface area contributed by atoms with Gasteiger partial charge in [-0.05, 0) is 36.8 Å². The van der Waals surface area contributed by atoms with Crippen molar-refractivity contribution >= 4 is 39.3 Å². The van der Waals surface area contributed by atoms with Crippen LogP contribution in [0.5, 0.6) is 0 Å². The van der Waals surface area contributed by atoms with Crippen LogP contribution < -0.4 is 0 Å². The second kappa shape index (κ2) is 16.5. The summed E-state index contributed by atoms with van der Waals surface area (Å²) in [6.07, 6.45) is -0.236. The summed E-state index contributed by atoms with van der Waals surface area (Å²) in [4.78, 5) is 2.36. The first-order valence-electron chi connectivity index (χ1n) is 13.1. The van der Waals surface area contributed by atoms with Crippen LogP contribution in [-0.4, -0.2) is 24.3 Å². The van der Waals surface area contributed by atoms with E-state index in [1.165, 1.54) is 22.3 Å². The molecule has 0 spiro atoms. The van der Waals surface area contributed by atoms with Crippen LogP contribution in [0.4, 0.5) is 11.4 Å². The fourth-order valence-corrected chi connectivity index (χ4v) is 4.29. The Hall–Kier alpha value is -0.416. The topological polar surface area (TPSA) is 31.4 Å². The Morgan fingerprint density at radius 1 is 0.611 bits per heavy atom. The number of rotatable bonds is 11. The number of para-hydroxylation sites is 2. The number of halogens is 3. The summed E-state index contributed by atoms with van der Waals surface area (Å²) in [6.45, 7) is 24.3. The molecule has 0 saturated heterocycles. The molecular weight excluding hydrogens is 545 g/mol. The van der Waals surface area contributed by atoms with Gasteiger partial charge < -0.3 is 15.5 Å². The summed E-state index contributed by atoms with van der Waals surface area (Å²) in [5.74, 6) is 1.66. The van der Waals surface area contributed by atoms with E-state index in [1.54, 1.807) is 0 Å². The normalized spacial score (nSPS) is 11.5. The fourth-order valence-electron chi connectivity index (χ4n) is 4.29. The SMILES string of the molecule is CCN(CC)C([N-]c1c(C(C)C)cccc1C(C)C)[N-]c1c(C(C)C)cccc1C(C)C.[Cl][Ti]([Cl])[Cl]. The average molecular weight is 590 g/mol. The number of hydrogen-bond donors (Lipinski definition) is 0. The molecule has 2 rings (SSSR count). The summed E-state index contributed by atoms with van der Waals surface area (Å²) in [5.41, 5.74) is 7.50. The van der Waals surface area contributed by atoms with Gasteiger partial charge in [0.2, 0.25) is 0 Å². The Labute approximate surface area is 239 Å². The zero-order valence-corrected chi connectivity index (χ0v) is 27.6. The standard InChI is InChI=1S/C29H45N3.3ClH.Ti/c1-11-32(12-2)29(30-27-23(19(3)4)15-13-16-24(27)20(5)6)31-28-25(21(7)8)17-14-18-26(28)22(9)10;;;;/h13-22,29H,11-12H2,1-10H3;3*1H;/q-2;;;;+3/p-3. The Morgan fingerprint density at radius 2 is 0.861 bits per heavy atom. The molecule has 3 nitrogen and oxygen atoms in total. The summed E-state index contributed by atoms with van der Waals surface area (Å²) in [5, 5.41) is 10.8. The fraction of sp³-hybridized carbons (Fsp3) is 0.586. The van der Waals surface area contributed by atoms with E-state index in [1.807, 2.05) is 0 Å². The van der Waals surface area contributed by atoms with Crippen LogP contribution in [0, 0.1) is 0 Å². The Bertz CT molecular complexity index is 792. The van der Waals surface area contributed by atoms with Gasteiger partial charge in [0.1, 0.15) is 0 Å². The molecule has 0 bridgehead atoms. The molecule has 0 atom stereocenters. The Balaban J connectivity index is 0.00000150. The van der Waals surface area contributed by atoms with Gasteiger partial charge >= 0.3 is 42.6 Å². The average Bonchev–Trinajstić information content (AvgIpc) is 2.79. The maximum absolute atomic E-state index is 5.40. The van der Waals surface area contributed by atoms with E-state index in [9.17, 15) is 0 Å². The van der Waals surface area contributed by atoms with Gasteiger partial charge in [0.25, 0.3) is 0 Å². The van der Waals surface area contributed by atoms with Crippen molar-refractivity contribution in [1.29, 1.82) is 0 Å². The van der Waals surface area contributed by atoms with Crippen molar-refractivity contribution in [3.63, 3.8) is 0 Å². The third-order valence-electron chi connectivity index (χ3n) is 6.31. The van der Waals surface area contributed by atoms with Gasteiger partial charge in [-0.1, -0.05) is 128 Å². The molecule has 7 heteroatoms. The van der Waals surface area contributed by atoms with Crippen LogP contribution in [-0.2, 0) is 14.7 Å². The van der Waals surface area contributed by atoms with Crippen LogP contribution in [0.25, 0.3) is 10.6 Å². The quantitative estimate of drug-likeness (QED) is 0.240. The molecule has 0 aliphatic rings. The van der Waals surface area contributed by atoms with Crippen LogP contribution in [0.3, 0.4) is 0 Å². The monoisotopic (exact) mass is 588 g/mol. The number of hydrogen-bond acceptors (Lipinski definition) is 1. The van der Waals surface area contributed by atoms with Gasteiger partial charge in [-0.3, -0.25) is 0 Å². The summed E-state index contributed by atoms with van der Waals surface area (Å²) in [6, 6.07) is 13.3. The van der Waals surface area contributed by atoms with Crippen LogP contribution >= 0.6 is 27.9 Å². The molecule has 0 fully saturated rings. The van der Waals surface area contributed by atoms with E-state index in [-0.39, 0.29) is 6.29 Å². The Morgan fingerprint density at radius 3 is 1.06 bits per heavy atom. The first-order valence-corrected chi connectivity index (χ1v) is 19.5. The van der Waals surface area contributed by atoms with Gasteiger partial charge in [0.05, 0.1) is 0 Å². The van der Waals surface area contributed by atoms with Crippen molar-refractivity contribution in [1.82, 2.24) is 4.90 Å². The molecule has 2 aromatic carbocycles. The third-order valence-corrected chi connectivity index (χ3v) is 6.31. The van der Waals surface area contributed by atoms with Crippen molar-refractivity contribution in [3.8, 4) is 0 Å². The van der Waals surface area contributed by atoms with Gasteiger partial charge in [0.15, 0.2) is 0 Å². The second-order valence-electron chi connectivity index (χ2n) is 10.2. The zero-order valence-electron chi connectivity index (χ0n) is 23.7. The summed E-state index contributed by atoms with van der Waals surface area (Å²) < 4.78 is 0. The van der Waals surface area contributed by atoms with Gasteiger partial charge in [0, 0.05) is 0 Å². The van der Waals surface area contributed by atoms with Crippen LogP contribution in [0.1, 0.15) is 115 Å². The van der Waals surface area contributed by atoms with Gasteiger partial charge in [-0.2, -0.15) is 0 Å². The van der Waals surface area contributed by atoms with E-state index >= 15 is 0 Å². The van der Waals surface area contributed by atoms with E-state index in [2.05, 4.69) is 111 Å². The molecular formula is C29H45Cl3N3Ti-2. The summed E-state index contributed by atoms with van der Waals surface area (Å²) in [7, 11) is 14.9. The molecule has 0 amide bonds. The first kappa shape index (κ1) is 33.6. The van der Waals surface area contributed by atoms with Crippen molar-refractivity contribution in [2.24, 2.45) is 0 Å². The van der Waals surface area contributed by atoms with E-state index < -0.39 is 14.7 Å². The van der Waals surface area contributed by atoms with Gasteiger partial charge in [-0.25, -0.2) is 0 Å². The van der Waals surface area contributed by atoms with Crippen molar-refractivity contribution < 1.29 is 14.7 Å². The van der Waals surface area contributed by atoms with E-state index in [0.29, 0.717) is 23.7 Å². The number of nitrogens with zero attached hydrogens (tertiary/aromatic N) is 3. The first-order chi connectivity index (χ1) is 16.8. The van der Waals surface area contributed by atoms with Crippen molar-refractivity contribution in [3.05, 3.63) is 69.3 Å². The molecule has 2 aromatic rings. The molecule has 0 unspecified atom stereocenters. The van der Waals surface area contributed by atoms with Crippen molar-refractivity contribution in [2.45, 2.75) is 99.2 Å². The molecule has 0 heterocycles. The molecule has 203 valence electrons. The summed E-state index contributed by atoms with van der Waals surface area (Å²) >= 11 is -1.92. The van der Waals surface area contributed by atoms with Crippen LogP contribution in [0.15, 0.2) is 36.4 Å². The Kier molecular flexibility index (Phi) is 15.4. The minimum absolute atomic E-state index is 0.236. The second-order valence-corrected chi connectivity index (χ2v) is 18.0. The predicted molar refractivity (Wildman–Crippen MR) is 160 cm³/mol. The third kappa shape index (κ3) is 10.0. The molecule has 0 radical (unpaired) electrons. The molecule has 36 heavy (non-hydrogen) atoms. The minimum atomic E-state index is -1.92.